The van der Waals surface area contributed by atoms with Gasteiger partial charge in [0.1, 0.15) is 0 Å². The van der Waals surface area contributed by atoms with E-state index in [2.05, 4.69) is 15.9 Å². The molecule has 0 fully saturated rings. The minimum Gasteiger partial charge on any atom is -0.304 e. The summed E-state index contributed by atoms with van der Waals surface area (Å²) in [6.07, 6.45) is 2.96. The minimum absolute atomic E-state index is 0.590. The van der Waals surface area contributed by atoms with E-state index >= 15 is 0 Å². The molecule has 1 nitrogen and oxygen atoms in total. The number of halogens is 1. The normalized spacial score (nSPS) is 11.6. The van der Waals surface area contributed by atoms with Crippen molar-refractivity contribution in [2.75, 3.05) is 0 Å². The predicted molar refractivity (Wildman–Crippen MR) is 40.7 cm³/mol. The van der Waals surface area contributed by atoms with Gasteiger partial charge in [-0.2, -0.15) is 0 Å². The molecule has 1 N–H and O–H groups in total. The second-order valence-electron chi connectivity index (χ2n) is 1.59. The van der Waals surface area contributed by atoms with Gasteiger partial charge in [-0.05, 0) is 29.3 Å². The molecule has 0 aliphatic rings. The second kappa shape index (κ2) is 3.84. The van der Waals surface area contributed by atoms with Gasteiger partial charge in [0.25, 0.3) is 0 Å². The maximum Gasteiger partial charge on any atom is 0.0421 e. The van der Waals surface area contributed by atoms with Crippen molar-refractivity contribution in [3.8, 4) is 0 Å². The van der Waals surface area contributed by atoms with Crippen LogP contribution in [0, 0.1) is 5.41 Å². The Morgan fingerprint density at radius 1 is 1.75 bits per heavy atom. The fourth-order valence-electron chi connectivity index (χ4n) is 0.332. The molecule has 0 saturated carbocycles. The van der Waals surface area contributed by atoms with Crippen molar-refractivity contribution in [2.45, 2.75) is 20.3 Å². The maximum absolute atomic E-state index is 7.09. The van der Waals surface area contributed by atoms with Crippen LogP contribution >= 0.6 is 15.9 Å². The van der Waals surface area contributed by atoms with E-state index in [-0.39, 0.29) is 0 Å². The standard InChI is InChI=1S/C6H10BrN/c1-3-4-6(7)5(2)8/h4,8H,3H2,1-2H3/b6-4+,8-5?. The first kappa shape index (κ1) is 7.89. The van der Waals surface area contributed by atoms with Gasteiger partial charge < -0.3 is 5.41 Å². The summed E-state index contributed by atoms with van der Waals surface area (Å²) in [4.78, 5) is 0. The maximum atomic E-state index is 7.09. The molecule has 0 atom stereocenters. The van der Waals surface area contributed by atoms with Crippen LogP contribution in [0.3, 0.4) is 0 Å². The molecule has 8 heavy (non-hydrogen) atoms. The highest BCUT2D eigenvalue weighted by atomic mass is 79.9. The molecular weight excluding hydrogens is 166 g/mol. The van der Waals surface area contributed by atoms with Crippen LogP contribution in [0.2, 0.25) is 0 Å². The highest BCUT2D eigenvalue weighted by molar-refractivity contribution is 9.12. The van der Waals surface area contributed by atoms with Gasteiger partial charge in [-0.15, -0.1) is 0 Å². The Balaban J connectivity index is 3.80. The van der Waals surface area contributed by atoms with Gasteiger partial charge in [0.15, 0.2) is 0 Å². The molecule has 2 heteroatoms. The van der Waals surface area contributed by atoms with E-state index in [1.54, 1.807) is 6.92 Å². The van der Waals surface area contributed by atoms with Crippen LogP contribution in [0.4, 0.5) is 0 Å². The summed E-state index contributed by atoms with van der Waals surface area (Å²) in [7, 11) is 0. The molecule has 0 rings (SSSR count). The zero-order valence-electron chi connectivity index (χ0n) is 5.16. The first-order valence-corrected chi connectivity index (χ1v) is 3.39. The highest BCUT2D eigenvalue weighted by Crippen LogP contribution is 2.06. The van der Waals surface area contributed by atoms with Gasteiger partial charge in [0.05, 0.1) is 0 Å². The van der Waals surface area contributed by atoms with Gasteiger partial charge in [-0.25, -0.2) is 0 Å². The topological polar surface area (TPSA) is 23.9 Å². The highest BCUT2D eigenvalue weighted by Gasteiger charge is 1.88. The fourth-order valence-corrected chi connectivity index (χ4v) is 0.656. The van der Waals surface area contributed by atoms with Gasteiger partial charge in [0.2, 0.25) is 0 Å². The smallest absolute Gasteiger partial charge is 0.0421 e. The second-order valence-corrected chi connectivity index (χ2v) is 2.44. The summed E-state index contributed by atoms with van der Waals surface area (Å²) in [5, 5.41) is 7.09. The first-order chi connectivity index (χ1) is 3.68. The van der Waals surface area contributed by atoms with Crippen molar-refractivity contribution in [1.29, 1.82) is 5.41 Å². The van der Waals surface area contributed by atoms with Crippen LogP contribution in [0.15, 0.2) is 10.6 Å². The Morgan fingerprint density at radius 3 is 2.38 bits per heavy atom. The Morgan fingerprint density at radius 2 is 2.25 bits per heavy atom. The zero-order chi connectivity index (χ0) is 6.57. The van der Waals surface area contributed by atoms with Gasteiger partial charge in [-0.3, -0.25) is 0 Å². The number of hydrogen-bond acceptors (Lipinski definition) is 1. The van der Waals surface area contributed by atoms with Crippen LogP contribution in [-0.4, -0.2) is 5.71 Å². The van der Waals surface area contributed by atoms with E-state index in [0.29, 0.717) is 5.71 Å². The molecule has 0 aromatic carbocycles. The Hall–Kier alpha value is -0.110. The van der Waals surface area contributed by atoms with E-state index in [9.17, 15) is 0 Å². The monoisotopic (exact) mass is 175 g/mol. The number of nitrogens with one attached hydrogen (secondary N) is 1. The Kier molecular flexibility index (Phi) is 3.79. The van der Waals surface area contributed by atoms with Crippen LogP contribution in [0.1, 0.15) is 20.3 Å². The van der Waals surface area contributed by atoms with Crippen molar-refractivity contribution in [3.05, 3.63) is 10.6 Å². The number of rotatable bonds is 2. The fraction of sp³-hybridized carbons (Fsp3) is 0.500. The summed E-state index contributed by atoms with van der Waals surface area (Å²) in [5.74, 6) is 0. The lowest BCUT2D eigenvalue weighted by Crippen LogP contribution is -1.84. The summed E-state index contributed by atoms with van der Waals surface area (Å²) in [6, 6.07) is 0. The quantitative estimate of drug-likeness (QED) is 0.625. The van der Waals surface area contributed by atoms with Crippen LogP contribution < -0.4 is 0 Å². The molecule has 0 bridgehead atoms. The van der Waals surface area contributed by atoms with Gasteiger partial charge >= 0.3 is 0 Å². The van der Waals surface area contributed by atoms with Crippen LogP contribution in [0.5, 0.6) is 0 Å². The molecule has 0 aliphatic heterocycles. The van der Waals surface area contributed by atoms with E-state index in [1.807, 2.05) is 13.0 Å². The number of allylic oxidation sites excluding steroid dienone is 2. The lowest BCUT2D eigenvalue weighted by Gasteiger charge is -1.89. The van der Waals surface area contributed by atoms with Crippen molar-refractivity contribution in [3.63, 3.8) is 0 Å². The molecule has 0 heterocycles. The Bertz CT molecular complexity index is 116. The van der Waals surface area contributed by atoms with Crippen molar-refractivity contribution in [1.82, 2.24) is 0 Å². The largest absolute Gasteiger partial charge is 0.304 e. The average molecular weight is 176 g/mol. The summed E-state index contributed by atoms with van der Waals surface area (Å²) in [6.45, 7) is 3.81. The first-order valence-electron chi connectivity index (χ1n) is 2.59. The van der Waals surface area contributed by atoms with E-state index < -0.39 is 0 Å². The predicted octanol–water partition coefficient (Wildman–Crippen LogP) is 2.71. The minimum atomic E-state index is 0.590. The lowest BCUT2D eigenvalue weighted by atomic mass is 10.3. The molecule has 0 aromatic heterocycles. The van der Waals surface area contributed by atoms with E-state index in [1.165, 1.54) is 0 Å². The SMILES string of the molecule is CC/C=C(/Br)C(C)=N. The molecule has 0 radical (unpaired) electrons. The van der Waals surface area contributed by atoms with Gasteiger partial charge in [-0.1, -0.05) is 13.0 Å². The average Bonchev–Trinajstić information content (AvgIpc) is 1.67. The van der Waals surface area contributed by atoms with Crippen LogP contribution in [-0.2, 0) is 0 Å². The third-order valence-corrected chi connectivity index (χ3v) is 1.66. The molecule has 0 aromatic rings. The summed E-state index contributed by atoms with van der Waals surface area (Å²) >= 11 is 3.24. The van der Waals surface area contributed by atoms with Crippen molar-refractivity contribution in [2.24, 2.45) is 0 Å². The lowest BCUT2D eigenvalue weighted by molar-refractivity contribution is 1.22. The zero-order valence-corrected chi connectivity index (χ0v) is 6.75. The molecule has 0 unspecified atom stereocenters. The third kappa shape index (κ3) is 2.97. The molecule has 0 aliphatic carbocycles. The van der Waals surface area contributed by atoms with Crippen molar-refractivity contribution < 1.29 is 0 Å². The van der Waals surface area contributed by atoms with E-state index in [0.717, 1.165) is 10.9 Å². The van der Waals surface area contributed by atoms with Crippen molar-refractivity contribution >= 4 is 21.6 Å². The summed E-state index contributed by atoms with van der Waals surface area (Å²) < 4.78 is 0.903. The molecule has 0 saturated heterocycles. The number of hydrogen-bond donors (Lipinski definition) is 1. The van der Waals surface area contributed by atoms with E-state index in [4.69, 9.17) is 5.41 Å². The van der Waals surface area contributed by atoms with Crippen LogP contribution in [0.25, 0.3) is 0 Å². The molecule has 0 amide bonds. The molecular formula is C6H10BrN. The summed E-state index contributed by atoms with van der Waals surface area (Å²) in [5.41, 5.74) is 0.590. The Labute approximate surface area is 58.4 Å². The molecule has 46 valence electrons. The third-order valence-electron chi connectivity index (χ3n) is 0.742. The van der Waals surface area contributed by atoms with Gasteiger partial charge in [0, 0.05) is 10.2 Å². The molecule has 0 spiro atoms.